The second-order valence-corrected chi connectivity index (χ2v) is 9.05. The van der Waals surface area contributed by atoms with Crippen molar-refractivity contribution >= 4 is 10.8 Å². The van der Waals surface area contributed by atoms with Gasteiger partial charge in [-0.1, -0.05) is 72.7 Å². The molecular formula is C30H31F. The van der Waals surface area contributed by atoms with Gasteiger partial charge in [0.1, 0.15) is 5.82 Å². The maximum atomic E-state index is 15.0. The molecular weight excluding hydrogens is 379 g/mol. The minimum absolute atomic E-state index is 0.218. The van der Waals surface area contributed by atoms with Crippen LogP contribution in [0.4, 0.5) is 4.39 Å². The number of aryl methyl sites for hydroxylation is 2. The van der Waals surface area contributed by atoms with Crippen LogP contribution >= 0.6 is 0 Å². The average molecular weight is 411 g/mol. The molecule has 1 aliphatic carbocycles. The van der Waals surface area contributed by atoms with Crippen LogP contribution in [-0.4, -0.2) is 0 Å². The number of rotatable bonds is 5. The van der Waals surface area contributed by atoms with Gasteiger partial charge in [-0.2, -0.15) is 0 Å². The molecule has 3 aromatic carbocycles. The quantitative estimate of drug-likeness (QED) is 0.295. The van der Waals surface area contributed by atoms with Crippen LogP contribution in [0.1, 0.15) is 60.8 Å². The zero-order valence-corrected chi connectivity index (χ0v) is 18.5. The highest BCUT2D eigenvalue weighted by molar-refractivity contribution is 5.85. The van der Waals surface area contributed by atoms with E-state index in [4.69, 9.17) is 0 Å². The van der Waals surface area contributed by atoms with Gasteiger partial charge in [0, 0.05) is 10.9 Å². The summed E-state index contributed by atoms with van der Waals surface area (Å²) < 4.78 is 15.0. The first-order chi connectivity index (χ1) is 15.1. The Hall–Kier alpha value is -2.85. The van der Waals surface area contributed by atoms with Crippen LogP contribution in [0.2, 0.25) is 0 Å². The van der Waals surface area contributed by atoms with E-state index in [1.165, 1.54) is 49.7 Å². The lowest BCUT2D eigenvalue weighted by Gasteiger charge is -2.27. The second kappa shape index (κ2) is 9.97. The smallest absolute Gasteiger partial charge is 0.146 e. The molecule has 0 atom stereocenters. The van der Waals surface area contributed by atoms with Crippen molar-refractivity contribution in [2.75, 3.05) is 0 Å². The van der Waals surface area contributed by atoms with E-state index in [9.17, 15) is 0 Å². The molecule has 1 aliphatic rings. The standard InChI is InChI=1S/C30H31F/c1-3-4-23-9-11-25(12-10-23)13-14-26-16-20-29-28(21-26)19-18-27(30(29)31)17-15-24-7-5-22(2)6-8-24/h3,5-8,16,18-21,23,25H,1,4,9-14H2,2H3. The fourth-order valence-corrected chi connectivity index (χ4v) is 4.73. The van der Waals surface area contributed by atoms with Gasteiger partial charge in [0.15, 0.2) is 0 Å². The third-order valence-electron chi connectivity index (χ3n) is 6.72. The lowest BCUT2D eigenvalue weighted by atomic mass is 9.78. The second-order valence-electron chi connectivity index (χ2n) is 9.05. The van der Waals surface area contributed by atoms with Gasteiger partial charge in [-0.25, -0.2) is 4.39 Å². The van der Waals surface area contributed by atoms with Crippen LogP contribution in [0.15, 0.2) is 67.3 Å². The number of allylic oxidation sites excluding steroid dienone is 1. The SMILES string of the molecule is C=CCC1CCC(CCc2ccc3c(F)c(C#Cc4ccc(C)cc4)ccc3c2)CC1. The summed E-state index contributed by atoms with van der Waals surface area (Å²) >= 11 is 0. The number of fused-ring (bicyclic) bond motifs is 1. The molecule has 0 bridgehead atoms. The molecule has 0 N–H and O–H groups in total. The Morgan fingerprint density at radius 1 is 0.935 bits per heavy atom. The topological polar surface area (TPSA) is 0 Å². The van der Waals surface area contributed by atoms with Crippen molar-refractivity contribution in [3.8, 4) is 11.8 Å². The van der Waals surface area contributed by atoms with Gasteiger partial charge in [-0.05, 0) is 80.0 Å². The minimum Gasteiger partial charge on any atom is -0.205 e. The molecule has 0 aliphatic heterocycles. The zero-order chi connectivity index (χ0) is 21.6. The van der Waals surface area contributed by atoms with Crippen molar-refractivity contribution in [2.45, 2.75) is 51.9 Å². The molecule has 0 saturated heterocycles. The minimum atomic E-state index is -0.218. The van der Waals surface area contributed by atoms with Crippen LogP contribution < -0.4 is 0 Å². The molecule has 3 aromatic rings. The van der Waals surface area contributed by atoms with E-state index < -0.39 is 0 Å². The van der Waals surface area contributed by atoms with Gasteiger partial charge in [-0.3, -0.25) is 0 Å². The molecule has 1 fully saturated rings. The largest absolute Gasteiger partial charge is 0.205 e. The van der Waals surface area contributed by atoms with E-state index >= 15 is 4.39 Å². The lowest BCUT2D eigenvalue weighted by molar-refractivity contribution is 0.265. The molecule has 1 heteroatoms. The molecule has 0 amide bonds. The fraction of sp³-hybridized carbons (Fsp3) is 0.333. The third kappa shape index (κ3) is 5.45. The third-order valence-corrected chi connectivity index (χ3v) is 6.72. The maximum absolute atomic E-state index is 15.0. The Balaban J connectivity index is 1.42. The molecule has 0 aromatic heterocycles. The van der Waals surface area contributed by atoms with Crippen LogP contribution in [0.25, 0.3) is 10.8 Å². The molecule has 158 valence electrons. The summed E-state index contributed by atoms with van der Waals surface area (Å²) in [6.45, 7) is 5.92. The Labute approximate surface area is 186 Å². The van der Waals surface area contributed by atoms with Crippen molar-refractivity contribution in [1.29, 1.82) is 0 Å². The Bertz CT molecular complexity index is 1100. The van der Waals surface area contributed by atoms with Crippen molar-refractivity contribution in [1.82, 2.24) is 0 Å². The molecule has 0 unspecified atom stereocenters. The van der Waals surface area contributed by atoms with E-state index in [0.29, 0.717) is 10.9 Å². The highest BCUT2D eigenvalue weighted by atomic mass is 19.1. The van der Waals surface area contributed by atoms with Crippen LogP contribution in [0.5, 0.6) is 0 Å². The Kier molecular flexibility index (Phi) is 6.88. The van der Waals surface area contributed by atoms with Crippen LogP contribution in [0.3, 0.4) is 0 Å². The summed E-state index contributed by atoms with van der Waals surface area (Å²) in [5.74, 6) is 7.54. The number of hydrogen-bond acceptors (Lipinski definition) is 0. The van der Waals surface area contributed by atoms with E-state index in [-0.39, 0.29) is 5.82 Å². The monoisotopic (exact) mass is 410 g/mol. The maximum Gasteiger partial charge on any atom is 0.146 e. The first-order valence-corrected chi connectivity index (χ1v) is 11.5. The number of hydrogen-bond donors (Lipinski definition) is 0. The number of benzene rings is 3. The molecule has 1 saturated carbocycles. The Morgan fingerprint density at radius 2 is 1.68 bits per heavy atom. The van der Waals surface area contributed by atoms with Gasteiger partial charge in [-0.15, -0.1) is 6.58 Å². The van der Waals surface area contributed by atoms with E-state index in [1.807, 2.05) is 49.4 Å². The summed E-state index contributed by atoms with van der Waals surface area (Å²) in [5.41, 5.74) is 3.85. The first kappa shape index (κ1) is 21.4. The predicted molar refractivity (Wildman–Crippen MR) is 130 cm³/mol. The molecule has 0 radical (unpaired) electrons. The Morgan fingerprint density at radius 3 is 2.42 bits per heavy atom. The van der Waals surface area contributed by atoms with Gasteiger partial charge in [0.2, 0.25) is 0 Å². The van der Waals surface area contributed by atoms with E-state index in [0.717, 1.165) is 29.2 Å². The molecule has 0 spiro atoms. The fourth-order valence-electron chi connectivity index (χ4n) is 4.73. The van der Waals surface area contributed by atoms with Crippen molar-refractivity contribution in [2.24, 2.45) is 11.8 Å². The molecule has 0 heterocycles. The van der Waals surface area contributed by atoms with Crippen LogP contribution in [0, 0.1) is 36.4 Å². The van der Waals surface area contributed by atoms with Gasteiger partial charge in [0.05, 0.1) is 5.56 Å². The number of halogens is 1. The zero-order valence-electron chi connectivity index (χ0n) is 18.5. The van der Waals surface area contributed by atoms with Crippen molar-refractivity contribution in [3.63, 3.8) is 0 Å². The van der Waals surface area contributed by atoms with Gasteiger partial charge >= 0.3 is 0 Å². The summed E-state index contributed by atoms with van der Waals surface area (Å²) in [5, 5.41) is 1.62. The molecule has 0 nitrogen and oxygen atoms in total. The summed E-state index contributed by atoms with van der Waals surface area (Å²) in [6.07, 6.45) is 10.9. The molecule has 31 heavy (non-hydrogen) atoms. The van der Waals surface area contributed by atoms with Crippen molar-refractivity contribution < 1.29 is 4.39 Å². The summed E-state index contributed by atoms with van der Waals surface area (Å²) in [4.78, 5) is 0. The average Bonchev–Trinajstić information content (AvgIpc) is 2.79. The normalized spacial score (nSPS) is 18.4. The lowest BCUT2D eigenvalue weighted by Crippen LogP contribution is -2.14. The van der Waals surface area contributed by atoms with E-state index in [1.54, 1.807) is 0 Å². The van der Waals surface area contributed by atoms with Crippen molar-refractivity contribution in [3.05, 3.63) is 95.3 Å². The summed E-state index contributed by atoms with van der Waals surface area (Å²) in [7, 11) is 0. The highest BCUT2D eigenvalue weighted by Crippen LogP contribution is 2.33. The summed E-state index contributed by atoms with van der Waals surface area (Å²) in [6, 6.07) is 18.0. The van der Waals surface area contributed by atoms with Gasteiger partial charge < -0.3 is 0 Å². The first-order valence-electron chi connectivity index (χ1n) is 11.5. The van der Waals surface area contributed by atoms with Gasteiger partial charge in [0.25, 0.3) is 0 Å². The van der Waals surface area contributed by atoms with E-state index in [2.05, 4.69) is 36.6 Å². The highest BCUT2D eigenvalue weighted by Gasteiger charge is 2.20. The molecule has 4 rings (SSSR count). The van der Waals surface area contributed by atoms with Crippen LogP contribution in [-0.2, 0) is 6.42 Å². The predicted octanol–water partition coefficient (Wildman–Crippen LogP) is 8.00.